The molecule has 0 saturated carbocycles. The van der Waals surface area contributed by atoms with Crippen molar-refractivity contribution >= 4 is 23.5 Å². The van der Waals surface area contributed by atoms with Crippen LogP contribution in [0.25, 0.3) is 11.3 Å². The number of hydrogen-bond acceptors (Lipinski definition) is 6. The number of ether oxygens (including phenoxy) is 1. The number of aryl methyl sites for hydroxylation is 1. The lowest BCUT2D eigenvalue weighted by atomic mass is 10.0. The highest BCUT2D eigenvalue weighted by Gasteiger charge is 2.21. The standard InChI is InChI=1S/C27H22ClN3O5/c1-17-23(14-25(32)35-18(2)22-7-3-4-8-24(22)28)26(36-30-17)20-11-9-19(10-12-20)6-5-13-31-16-21(15-29-31)27(33)34/h3-4,7-12,15-16,18H,13-14H2,1-2H3,(H,33,34). The molecule has 2 heterocycles. The van der Waals surface area contributed by atoms with Gasteiger partial charge in [-0.3, -0.25) is 9.48 Å². The van der Waals surface area contributed by atoms with Gasteiger partial charge >= 0.3 is 11.9 Å². The number of benzene rings is 2. The Hall–Kier alpha value is -4.35. The van der Waals surface area contributed by atoms with Crippen molar-refractivity contribution in [1.82, 2.24) is 14.9 Å². The van der Waals surface area contributed by atoms with Gasteiger partial charge in [0, 0.05) is 33.5 Å². The molecular formula is C27H22ClN3O5. The Morgan fingerprint density at radius 3 is 2.64 bits per heavy atom. The Kier molecular flexibility index (Phi) is 7.52. The van der Waals surface area contributed by atoms with Crippen molar-refractivity contribution in [3.63, 3.8) is 0 Å². The maximum atomic E-state index is 12.7. The monoisotopic (exact) mass is 503 g/mol. The molecule has 1 unspecified atom stereocenters. The molecule has 0 bridgehead atoms. The SMILES string of the molecule is Cc1noc(-c2ccc(C#CCn3cc(C(=O)O)cn3)cc2)c1CC(=O)OC(C)c1ccccc1Cl. The lowest BCUT2D eigenvalue weighted by molar-refractivity contribution is -0.147. The fourth-order valence-electron chi connectivity index (χ4n) is 3.56. The summed E-state index contributed by atoms with van der Waals surface area (Å²) in [5.74, 6) is 5.02. The van der Waals surface area contributed by atoms with Gasteiger partial charge < -0.3 is 14.4 Å². The Morgan fingerprint density at radius 2 is 1.94 bits per heavy atom. The van der Waals surface area contributed by atoms with Gasteiger partial charge in [0.05, 0.1) is 23.9 Å². The summed E-state index contributed by atoms with van der Waals surface area (Å²) < 4.78 is 12.6. The molecule has 0 fully saturated rings. The zero-order valence-electron chi connectivity index (χ0n) is 19.6. The van der Waals surface area contributed by atoms with E-state index in [2.05, 4.69) is 22.1 Å². The predicted molar refractivity (Wildman–Crippen MR) is 132 cm³/mol. The highest BCUT2D eigenvalue weighted by molar-refractivity contribution is 6.31. The number of aromatic nitrogens is 3. The molecule has 182 valence electrons. The van der Waals surface area contributed by atoms with E-state index < -0.39 is 18.0 Å². The normalized spacial score (nSPS) is 11.4. The minimum atomic E-state index is -1.03. The van der Waals surface area contributed by atoms with Crippen molar-refractivity contribution in [3.8, 4) is 23.2 Å². The largest absolute Gasteiger partial charge is 0.478 e. The molecule has 4 rings (SSSR count). The van der Waals surface area contributed by atoms with Crippen LogP contribution in [-0.2, 0) is 22.5 Å². The fourth-order valence-corrected chi connectivity index (χ4v) is 3.85. The predicted octanol–water partition coefficient (Wildman–Crippen LogP) is 5.10. The quantitative estimate of drug-likeness (QED) is 0.276. The van der Waals surface area contributed by atoms with Crippen LogP contribution in [-0.4, -0.2) is 32.0 Å². The first kappa shape index (κ1) is 24.8. The van der Waals surface area contributed by atoms with E-state index in [1.54, 1.807) is 19.9 Å². The minimum Gasteiger partial charge on any atom is -0.478 e. The molecule has 0 amide bonds. The molecule has 1 atom stereocenters. The van der Waals surface area contributed by atoms with Gasteiger partial charge in [0.2, 0.25) is 0 Å². The molecule has 0 aliphatic rings. The van der Waals surface area contributed by atoms with Gasteiger partial charge in [-0.25, -0.2) is 4.79 Å². The summed E-state index contributed by atoms with van der Waals surface area (Å²) in [6, 6.07) is 14.6. The number of carboxylic acids is 1. The minimum absolute atomic E-state index is 0.00319. The van der Waals surface area contributed by atoms with Crippen LogP contribution in [0.1, 0.15) is 45.8 Å². The Labute approximate surface area is 212 Å². The summed E-state index contributed by atoms with van der Waals surface area (Å²) in [5.41, 5.74) is 3.62. The van der Waals surface area contributed by atoms with Crippen LogP contribution >= 0.6 is 11.6 Å². The highest BCUT2D eigenvalue weighted by atomic mass is 35.5. The molecule has 2 aromatic carbocycles. The molecule has 4 aromatic rings. The van der Waals surface area contributed by atoms with Crippen LogP contribution < -0.4 is 0 Å². The number of esters is 1. The second kappa shape index (κ2) is 10.9. The zero-order valence-corrected chi connectivity index (χ0v) is 20.3. The van der Waals surface area contributed by atoms with Crippen LogP contribution in [0.3, 0.4) is 0 Å². The summed E-state index contributed by atoms with van der Waals surface area (Å²) >= 11 is 6.21. The van der Waals surface area contributed by atoms with E-state index in [4.69, 9.17) is 26.0 Å². The summed E-state index contributed by atoms with van der Waals surface area (Å²) in [5, 5.41) is 17.5. The third kappa shape index (κ3) is 5.82. The first-order chi connectivity index (χ1) is 17.3. The summed E-state index contributed by atoms with van der Waals surface area (Å²) in [7, 11) is 0. The van der Waals surface area contributed by atoms with Gasteiger partial charge in [0.1, 0.15) is 12.6 Å². The maximum Gasteiger partial charge on any atom is 0.338 e. The van der Waals surface area contributed by atoms with Gasteiger partial charge in [0.25, 0.3) is 0 Å². The molecule has 2 aromatic heterocycles. The molecule has 1 N–H and O–H groups in total. The average Bonchev–Trinajstić information content (AvgIpc) is 3.47. The molecule has 36 heavy (non-hydrogen) atoms. The third-order valence-electron chi connectivity index (χ3n) is 5.46. The second-order valence-corrected chi connectivity index (χ2v) is 8.42. The van der Waals surface area contributed by atoms with Crippen LogP contribution in [0.5, 0.6) is 0 Å². The van der Waals surface area contributed by atoms with E-state index in [-0.39, 0.29) is 18.5 Å². The van der Waals surface area contributed by atoms with Crippen molar-refractivity contribution in [2.24, 2.45) is 0 Å². The second-order valence-electron chi connectivity index (χ2n) is 8.02. The van der Waals surface area contributed by atoms with E-state index >= 15 is 0 Å². The van der Waals surface area contributed by atoms with Gasteiger partial charge in [-0.05, 0) is 44.2 Å². The third-order valence-corrected chi connectivity index (χ3v) is 5.80. The van der Waals surface area contributed by atoms with Crippen molar-refractivity contribution in [2.75, 3.05) is 0 Å². The Bertz CT molecular complexity index is 1460. The zero-order chi connectivity index (χ0) is 25.7. The number of aromatic carboxylic acids is 1. The number of carbonyl (C=O) groups is 2. The maximum absolute atomic E-state index is 12.7. The van der Waals surface area contributed by atoms with E-state index in [1.165, 1.54) is 17.1 Å². The Balaban J connectivity index is 1.42. The average molecular weight is 504 g/mol. The first-order valence-corrected chi connectivity index (χ1v) is 11.4. The van der Waals surface area contributed by atoms with Crippen LogP contribution in [0.4, 0.5) is 0 Å². The van der Waals surface area contributed by atoms with Gasteiger partial charge in [-0.2, -0.15) is 5.10 Å². The lowest BCUT2D eigenvalue weighted by Gasteiger charge is -2.15. The Morgan fingerprint density at radius 1 is 1.19 bits per heavy atom. The van der Waals surface area contributed by atoms with Crippen LogP contribution in [0.2, 0.25) is 5.02 Å². The number of carboxylic acid groups (broad SMARTS) is 1. The molecule has 0 aliphatic carbocycles. The molecule has 9 heteroatoms. The molecule has 8 nitrogen and oxygen atoms in total. The lowest BCUT2D eigenvalue weighted by Crippen LogP contribution is -2.12. The fraction of sp³-hybridized carbons (Fsp3) is 0.185. The van der Waals surface area contributed by atoms with E-state index in [9.17, 15) is 9.59 Å². The number of rotatable bonds is 7. The molecule has 0 aliphatic heterocycles. The van der Waals surface area contributed by atoms with Crippen molar-refractivity contribution in [3.05, 3.63) is 93.9 Å². The summed E-state index contributed by atoms with van der Waals surface area (Å²) in [6.45, 7) is 3.81. The van der Waals surface area contributed by atoms with Crippen molar-refractivity contribution in [2.45, 2.75) is 32.9 Å². The number of halogens is 1. The van der Waals surface area contributed by atoms with E-state index in [0.717, 1.165) is 16.7 Å². The van der Waals surface area contributed by atoms with Crippen molar-refractivity contribution < 1.29 is 24.0 Å². The summed E-state index contributed by atoms with van der Waals surface area (Å²) in [4.78, 5) is 23.6. The van der Waals surface area contributed by atoms with Crippen LogP contribution in [0.15, 0.2) is 65.4 Å². The van der Waals surface area contributed by atoms with Crippen molar-refractivity contribution in [1.29, 1.82) is 0 Å². The topological polar surface area (TPSA) is 107 Å². The van der Waals surface area contributed by atoms with Gasteiger partial charge in [-0.15, -0.1) is 0 Å². The van der Waals surface area contributed by atoms with Crippen LogP contribution in [0, 0.1) is 18.8 Å². The number of nitrogens with zero attached hydrogens (tertiary/aromatic N) is 3. The number of carbonyl (C=O) groups excluding carboxylic acids is 1. The molecule has 0 spiro atoms. The molecular weight excluding hydrogens is 482 g/mol. The van der Waals surface area contributed by atoms with E-state index in [0.29, 0.717) is 22.0 Å². The van der Waals surface area contributed by atoms with Gasteiger partial charge in [-0.1, -0.05) is 46.8 Å². The van der Waals surface area contributed by atoms with Gasteiger partial charge in [0.15, 0.2) is 5.76 Å². The van der Waals surface area contributed by atoms with E-state index in [1.807, 2.05) is 42.5 Å². The summed E-state index contributed by atoms with van der Waals surface area (Å²) in [6.07, 6.45) is 2.21. The number of hydrogen-bond donors (Lipinski definition) is 1. The molecule has 0 radical (unpaired) electrons. The smallest absolute Gasteiger partial charge is 0.338 e. The molecule has 0 saturated heterocycles. The highest BCUT2D eigenvalue weighted by Crippen LogP contribution is 2.29. The first-order valence-electron chi connectivity index (χ1n) is 11.1.